The van der Waals surface area contributed by atoms with Gasteiger partial charge in [-0.2, -0.15) is 0 Å². The van der Waals surface area contributed by atoms with Crippen molar-refractivity contribution in [2.45, 2.75) is 26.2 Å². The van der Waals surface area contributed by atoms with Crippen LogP contribution in [0.1, 0.15) is 34.8 Å². The highest BCUT2D eigenvalue weighted by Crippen LogP contribution is 2.20. The minimum Gasteiger partial charge on any atom is -0.371 e. The predicted octanol–water partition coefficient (Wildman–Crippen LogP) is 1.03. The SMILES string of the molecule is CCCNC1=C(c2ccc(CNC(=O)CNC(=O)/C=C/CNC)cc2)C=NC(Nc2ccc(C(N)=O)cc2)N1. The van der Waals surface area contributed by atoms with Gasteiger partial charge in [0.1, 0.15) is 5.82 Å². The van der Waals surface area contributed by atoms with Crippen LogP contribution in [0, 0.1) is 0 Å². The number of nitrogens with two attached hydrogens (primary N) is 1. The Bertz CT molecular complexity index is 1220. The molecule has 11 nitrogen and oxygen atoms in total. The van der Waals surface area contributed by atoms with E-state index < -0.39 is 12.2 Å². The highest BCUT2D eigenvalue weighted by Gasteiger charge is 2.18. The molecule has 1 atom stereocenters. The van der Waals surface area contributed by atoms with E-state index in [1.807, 2.05) is 30.5 Å². The average Bonchev–Trinajstić information content (AvgIpc) is 2.94. The fourth-order valence-corrected chi connectivity index (χ4v) is 3.62. The topological polar surface area (TPSA) is 162 Å². The molecule has 0 radical (unpaired) electrons. The lowest BCUT2D eigenvalue weighted by molar-refractivity contribution is -0.124. The standard InChI is InChI=1S/C28H36N8O3/c1-3-14-31-27-23(17-34-28(36-27)35-22-12-10-21(11-13-22)26(29)39)20-8-6-19(7-9-20)16-32-25(38)18-33-24(37)5-4-15-30-2/h4-13,17,28,30-31,35-36H,3,14-16,18H2,1-2H3,(H2,29,39)(H,32,38)(H,33,37)/b5-4+. The summed E-state index contributed by atoms with van der Waals surface area (Å²) in [5.41, 5.74) is 9.35. The van der Waals surface area contributed by atoms with Crippen LogP contribution >= 0.6 is 0 Å². The molecular weight excluding hydrogens is 496 g/mol. The molecule has 0 spiro atoms. The molecular formula is C28H36N8O3. The van der Waals surface area contributed by atoms with Gasteiger partial charge in [0, 0.05) is 48.7 Å². The fourth-order valence-electron chi connectivity index (χ4n) is 3.62. The first-order valence-corrected chi connectivity index (χ1v) is 12.8. The molecule has 0 saturated carbocycles. The minimum absolute atomic E-state index is 0.0905. The highest BCUT2D eigenvalue weighted by molar-refractivity contribution is 6.11. The molecule has 3 rings (SSSR count). The van der Waals surface area contributed by atoms with Gasteiger partial charge in [0.05, 0.1) is 6.54 Å². The number of rotatable bonds is 14. The van der Waals surface area contributed by atoms with Crippen molar-refractivity contribution in [1.82, 2.24) is 26.6 Å². The Balaban J connectivity index is 1.57. The number of primary amides is 1. The number of likely N-dealkylation sites (N-methyl/N-ethyl adjacent to an activating group) is 1. The lowest BCUT2D eigenvalue weighted by atomic mass is 10.0. The molecule has 2 aromatic rings. The van der Waals surface area contributed by atoms with Gasteiger partial charge in [-0.15, -0.1) is 0 Å². The van der Waals surface area contributed by atoms with Crippen molar-refractivity contribution in [3.05, 3.63) is 83.2 Å². The monoisotopic (exact) mass is 532 g/mol. The third-order valence-electron chi connectivity index (χ3n) is 5.70. The van der Waals surface area contributed by atoms with Crippen molar-refractivity contribution in [3.8, 4) is 0 Å². The number of aliphatic imine (C=N–C) groups is 1. The molecule has 0 aliphatic carbocycles. The van der Waals surface area contributed by atoms with E-state index >= 15 is 0 Å². The number of allylic oxidation sites excluding steroid dienone is 1. The van der Waals surface area contributed by atoms with Crippen molar-refractivity contribution < 1.29 is 14.4 Å². The quantitative estimate of drug-likeness (QED) is 0.179. The molecule has 1 unspecified atom stereocenters. The maximum atomic E-state index is 12.1. The van der Waals surface area contributed by atoms with Crippen molar-refractivity contribution in [1.29, 1.82) is 0 Å². The number of amides is 3. The van der Waals surface area contributed by atoms with Gasteiger partial charge in [-0.25, -0.2) is 4.99 Å². The second kappa shape index (κ2) is 14.9. The maximum absolute atomic E-state index is 12.1. The molecule has 39 heavy (non-hydrogen) atoms. The molecule has 206 valence electrons. The van der Waals surface area contributed by atoms with Crippen LogP contribution in [0.25, 0.3) is 5.57 Å². The molecule has 0 bridgehead atoms. The van der Waals surface area contributed by atoms with Crippen molar-refractivity contribution in [2.75, 3.05) is 32.0 Å². The maximum Gasteiger partial charge on any atom is 0.248 e. The number of nitrogens with one attached hydrogen (secondary N) is 6. The summed E-state index contributed by atoms with van der Waals surface area (Å²) in [5, 5.41) is 18.4. The molecule has 0 saturated heterocycles. The molecule has 1 aliphatic rings. The van der Waals surface area contributed by atoms with E-state index in [4.69, 9.17) is 5.73 Å². The third-order valence-corrected chi connectivity index (χ3v) is 5.70. The van der Waals surface area contributed by atoms with Crippen molar-refractivity contribution in [3.63, 3.8) is 0 Å². The van der Waals surface area contributed by atoms with Crippen LogP contribution in [0.4, 0.5) is 5.69 Å². The van der Waals surface area contributed by atoms with E-state index in [1.165, 1.54) is 6.08 Å². The van der Waals surface area contributed by atoms with Gasteiger partial charge < -0.3 is 37.6 Å². The van der Waals surface area contributed by atoms with E-state index in [2.05, 4.69) is 43.8 Å². The largest absolute Gasteiger partial charge is 0.371 e. The van der Waals surface area contributed by atoms with E-state index in [-0.39, 0.29) is 18.4 Å². The number of carbonyl (C=O) groups is 3. The normalized spacial score (nSPS) is 14.6. The minimum atomic E-state index is -0.472. The second-order valence-electron chi connectivity index (χ2n) is 8.78. The molecule has 1 heterocycles. The Kier molecular flexibility index (Phi) is 11.1. The van der Waals surface area contributed by atoms with E-state index in [9.17, 15) is 14.4 Å². The molecule has 8 N–H and O–H groups in total. The Morgan fingerprint density at radius 1 is 1.05 bits per heavy atom. The van der Waals surface area contributed by atoms with Crippen LogP contribution in [0.5, 0.6) is 0 Å². The number of anilines is 1. The number of benzene rings is 2. The second-order valence-corrected chi connectivity index (χ2v) is 8.78. The van der Waals surface area contributed by atoms with Gasteiger partial charge >= 0.3 is 0 Å². The van der Waals surface area contributed by atoms with Gasteiger partial charge in [-0.1, -0.05) is 37.3 Å². The van der Waals surface area contributed by atoms with Crippen LogP contribution in [0.3, 0.4) is 0 Å². The predicted molar refractivity (Wildman–Crippen MR) is 154 cm³/mol. The fraction of sp³-hybridized carbons (Fsp3) is 0.286. The first-order valence-electron chi connectivity index (χ1n) is 12.8. The number of hydrogen-bond donors (Lipinski definition) is 7. The molecule has 1 aliphatic heterocycles. The smallest absolute Gasteiger partial charge is 0.248 e. The summed E-state index contributed by atoms with van der Waals surface area (Å²) in [6.45, 7) is 3.71. The molecule has 11 heteroatoms. The Morgan fingerprint density at radius 3 is 2.46 bits per heavy atom. The average molecular weight is 533 g/mol. The zero-order valence-corrected chi connectivity index (χ0v) is 22.2. The van der Waals surface area contributed by atoms with Crippen molar-refractivity contribution >= 4 is 35.2 Å². The van der Waals surface area contributed by atoms with Crippen LogP contribution in [-0.2, 0) is 16.1 Å². The zero-order chi connectivity index (χ0) is 28.0. The number of carbonyl (C=O) groups excluding carboxylic acids is 3. The summed E-state index contributed by atoms with van der Waals surface area (Å²) in [7, 11) is 1.78. The van der Waals surface area contributed by atoms with Crippen LogP contribution in [0.2, 0.25) is 0 Å². The van der Waals surface area contributed by atoms with Gasteiger partial charge in [-0.3, -0.25) is 14.4 Å². The van der Waals surface area contributed by atoms with Crippen LogP contribution in [-0.4, -0.2) is 56.9 Å². The lowest BCUT2D eigenvalue weighted by Gasteiger charge is -2.27. The van der Waals surface area contributed by atoms with Gasteiger partial charge in [-0.05, 0) is 48.9 Å². The van der Waals surface area contributed by atoms with E-state index in [1.54, 1.807) is 37.4 Å². The molecule has 0 fully saturated rings. The first kappa shape index (κ1) is 28.9. The molecule has 0 aromatic heterocycles. The zero-order valence-electron chi connectivity index (χ0n) is 22.2. The van der Waals surface area contributed by atoms with Gasteiger partial charge in [0.25, 0.3) is 0 Å². The highest BCUT2D eigenvalue weighted by atomic mass is 16.2. The Morgan fingerprint density at radius 2 is 1.79 bits per heavy atom. The summed E-state index contributed by atoms with van der Waals surface area (Å²) < 4.78 is 0. The number of hydrogen-bond acceptors (Lipinski definition) is 8. The van der Waals surface area contributed by atoms with Crippen molar-refractivity contribution in [2.24, 2.45) is 10.7 Å². The van der Waals surface area contributed by atoms with Gasteiger partial charge in [0.15, 0.2) is 6.29 Å². The first-order chi connectivity index (χ1) is 18.9. The van der Waals surface area contributed by atoms with Crippen LogP contribution < -0.4 is 37.6 Å². The summed E-state index contributed by atoms with van der Waals surface area (Å²) in [5.74, 6) is -0.208. The third kappa shape index (κ3) is 9.31. The Labute approximate surface area is 228 Å². The summed E-state index contributed by atoms with van der Waals surface area (Å²) >= 11 is 0. The lowest BCUT2D eigenvalue weighted by Crippen LogP contribution is -2.42. The summed E-state index contributed by atoms with van der Waals surface area (Å²) in [6, 6.07) is 14.7. The molecule has 2 aromatic carbocycles. The van der Waals surface area contributed by atoms with E-state index in [0.717, 1.165) is 41.2 Å². The summed E-state index contributed by atoms with van der Waals surface area (Å²) in [6.07, 6.45) is 5.44. The van der Waals surface area contributed by atoms with Crippen LogP contribution in [0.15, 0.2) is 71.5 Å². The van der Waals surface area contributed by atoms with Gasteiger partial charge in [0.2, 0.25) is 17.7 Å². The van der Waals surface area contributed by atoms with E-state index in [0.29, 0.717) is 18.7 Å². The Hall–Kier alpha value is -4.64. The molecule has 3 amide bonds. The number of nitrogens with zero attached hydrogens (tertiary/aromatic N) is 1. The summed E-state index contributed by atoms with van der Waals surface area (Å²) in [4.78, 5) is 39.7.